The van der Waals surface area contributed by atoms with E-state index in [0.29, 0.717) is 18.7 Å². The first kappa shape index (κ1) is 25.3. The Morgan fingerprint density at radius 1 is 0.974 bits per heavy atom. The Bertz CT molecular complexity index is 1350. The minimum Gasteiger partial charge on any atom is -0.452 e. The summed E-state index contributed by atoms with van der Waals surface area (Å²) in [6.07, 6.45) is 3.64. The smallest absolute Gasteiger partial charge is 0.315 e. The predicted molar refractivity (Wildman–Crippen MR) is 142 cm³/mol. The Morgan fingerprint density at radius 2 is 1.66 bits per heavy atom. The quantitative estimate of drug-likeness (QED) is 0.326. The molecule has 0 aliphatic carbocycles. The zero-order chi connectivity index (χ0) is 26.6. The lowest BCUT2D eigenvalue weighted by Gasteiger charge is -2.32. The highest BCUT2D eigenvalue weighted by Crippen LogP contribution is 2.43. The van der Waals surface area contributed by atoms with Crippen LogP contribution < -0.4 is 14.8 Å². The molecule has 5 rings (SSSR count). The summed E-state index contributed by atoms with van der Waals surface area (Å²) in [5.41, 5.74) is 3.81. The molecule has 0 bridgehead atoms. The first-order chi connectivity index (χ1) is 18.4. The third-order valence-corrected chi connectivity index (χ3v) is 7.10. The van der Waals surface area contributed by atoms with E-state index in [9.17, 15) is 19.7 Å². The molecule has 2 aliphatic rings. The normalized spacial score (nSPS) is 14.8. The van der Waals surface area contributed by atoms with Crippen LogP contribution in [-0.4, -0.2) is 41.5 Å². The van der Waals surface area contributed by atoms with Gasteiger partial charge in [-0.15, -0.1) is 0 Å². The fourth-order valence-electron chi connectivity index (χ4n) is 5.03. The highest BCUT2D eigenvalue weighted by Gasteiger charge is 2.33. The predicted octanol–water partition coefficient (Wildman–Crippen LogP) is 5.55. The summed E-state index contributed by atoms with van der Waals surface area (Å²) in [5.74, 6) is 0.0787. The molecule has 38 heavy (non-hydrogen) atoms. The number of hydrogen-bond acceptors (Lipinski definition) is 6. The number of aryl methyl sites for hydroxylation is 1. The third-order valence-electron chi connectivity index (χ3n) is 7.10. The number of hydrogen-bond donors (Lipinski definition) is 1. The number of nitro groups is 1. The Kier molecular flexibility index (Phi) is 7.26. The van der Waals surface area contributed by atoms with Gasteiger partial charge in [0.1, 0.15) is 0 Å². The second kappa shape index (κ2) is 10.9. The molecule has 3 aromatic carbocycles. The molecule has 3 aromatic rings. The number of fused-ring (bicyclic) bond motifs is 1. The monoisotopic (exact) mass is 515 g/mol. The molecule has 0 saturated carbocycles. The molecular formula is C29H29N3O6. The van der Waals surface area contributed by atoms with Gasteiger partial charge in [-0.25, -0.2) is 0 Å². The van der Waals surface area contributed by atoms with Gasteiger partial charge in [-0.2, -0.15) is 0 Å². The Morgan fingerprint density at radius 3 is 2.32 bits per heavy atom. The van der Waals surface area contributed by atoms with Crippen LogP contribution in [-0.2, 0) is 6.42 Å². The van der Waals surface area contributed by atoms with Crippen LogP contribution in [0.5, 0.6) is 11.5 Å². The second-order valence-corrected chi connectivity index (χ2v) is 9.54. The zero-order valence-corrected chi connectivity index (χ0v) is 21.1. The van der Waals surface area contributed by atoms with Gasteiger partial charge in [0.15, 0.2) is 5.75 Å². The topological polar surface area (TPSA) is 111 Å². The van der Waals surface area contributed by atoms with Crippen molar-refractivity contribution in [1.82, 2.24) is 4.90 Å². The van der Waals surface area contributed by atoms with Crippen LogP contribution >= 0.6 is 0 Å². The first-order valence-corrected chi connectivity index (χ1v) is 12.8. The van der Waals surface area contributed by atoms with E-state index in [-0.39, 0.29) is 47.3 Å². The van der Waals surface area contributed by atoms with Gasteiger partial charge in [0.05, 0.1) is 10.5 Å². The SMILES string of the molecule is CCCc1ccc(C(=O)Nc2ccc(C3CCN(C(=O)c4ccc([N+](=O)[O-])c5c4OCO5)CC3)cc2)cc1. The summed E-state index contributed by atoms with van der Waals surface area (Å²) in [4.78, 5) is 38.2. The van der Waals surface area contributed by atoms with E-state index in [4.69, 9.17) is 9.47 Å². The van der Waals surface area contributed by atoms with Crippen LogP contribution in [0.4, 0.5) is 11.4 Å². The molecule has 2 heterocycles. The number of carbonyl (C=O) groups excluding carboxylic acids is 2. The fraction of sp³-hybridized carbons (Fsp3) is 0.310. The Labute approximate surface area is 220 Å². The molecule has 0 atom stereocenters. The number of amides is 2. The number of nitro benzene ring substituents is 1. The van der Waals surface area contributed by atoms with Gasteiger partial charge in [-0.1, -0.05) is 37.6 Å². The average Bonchev–Trinajstić information content (AvgIpc) is 3.43. The lowest BCUT2D eigenvalue weighted by molar-refractivity contribution is -0.385. The molecule has 0 unspecified atom stereocenters. The summed E-state index contributed by atoms with van der Waals surface area (Å²) in [6.45, 7) is 3.10. The van der Waals surface area contributed by atoms with Crippen molar-refractivity contribution >= 4 is 23.2 Å². The molecule has 2 aliphatic heterocycles. The van der Waals surface area contributed by atoms with Crippen LogP contribution in [0.25, 0.3) is 0 Å². The molecule has 9 heteroatoms. The maximum absolute atomic E-state index is 13.2. The largest absolute Gasteiger partial charge is 0.452 e. The van der Waals surface area contributed by atoms with Crippen molar-refractivity contribution in [3.05, 3.63) is 93.0 Å². The molecule has 9 nitrogen and oxygen atoms in total. The molecule has 1 saturated heterocycles. The fourth-order valence-corrected chi connectivity index (χ4v) is 5.03. The second-order valence-electron chi connectivity index (χ2n) is 9.54. The summed E-state index contributed by atoms with van der Waals surface area (Å²) in [5, 5.41) is 14.2. The number of anilines is 1. The van der Waals surface area contributed by atoms with Gasteiger partial charge in [0, 0.05) is 30.4 Å². The van der Waals surface area contributed by atoms with Crippen molar-refractivity contribution in [2.75, 3.05) is 25.2 Å². The summed E-state index contributed by atoms with van der Waals surface area (Å²) < 4.78 is 10.7. The minimum absolute atomic E-state index is 0.0106. The standard InChI is InChI=1S/C29H29N3O6/c1-2-3-19-4-6-22(7-5-19)28(33)30-23-10-8-20(9-11-23)21-14-16-31(17-15-21)29(34)24-12-13-25(32(35)36)27-26(24)37-18-38-27/h4-13,21H,2-3,14-18H2,1H3,(H,30,33). The van der Waals surface area contributed by atoms with Crippen molar-refractivity contribution < 1.29 is 24.0 Å². The number of likely N-dealkylation sites (tertiary alicyclic amines) is 1. The van der Waals surface area contributed by atoms with Crippen molar-refractivity contribution in [3.8, 4) is 11.5 Å². The summed E-state index contributed by atoms with van der Waals surface area (Å²) in [7, 11) is 0. The number of piperidine rings is 1. The molecule has 2 amide bonds. The van der Waals surface area contributed by atoms with Crippen LogP contribution in [0, 0.1) is 10.1 Å². The van der Waals surface area contributed by atoms with Gasteiger partial charge in [-0.05, 0) is 66.6 Å². The highest BCUT2D eigenvalue weighted by molar-refractivity contribution is 6.04. The van der Waals surface area contributed by atoms with Gasteiger partial charge in [-0.3, -0.25) is 19.7 Å². The maximum Gasteiger partial charge on any atom is 0.315 e. The van der Waals surface area contributed by atoms with Crippen LogP contribution in [0.15, 0.2) is 60.7 Å². The van der Waals surface area contributed by atoms with E-state index < -0.39 is 4.92 Å². The molecule has 196 valence electrons. The number of ether oxygens (including phenoxy) is 2. The van der Waals surface area contributed by atoms with Crippen molar-refractivity contribution in [2.24, 2.45) is 0 Å². The lowest BCUT2D eigenvalue weighted by Crippen LogP contribution is -2.38. The van der Waals surface area contributed by atoms with E-state index >= 15 is 0 Å². The number of rotatable bonds is 7. The van der Waals surface area contributed by atoms with Crippen molar-refractivity contribution in [2.45, 2.75) is 38.5 Å². The molecule has 0 spiro atoms. The van der Waals surface area contributed by atoms with Crippen LogP contribution in [0.1, 0.15) is 63.9 Å². The van der Waals surface area contributed by atoms with Crippen molar-refractivity contribution in [3.63, 3.8) is 0 Å². The number of nitrogens with zero attached hydrogens (tertiary/aromatic N) is 2. The van der Waals surface area contributed by atoms with Crippen LogP contribution in [0.3, 0.4) is 0 Å². The number of carbonyl (C=O) groups is 2. The van der Waals surface area contributed by atoms with Gasteiger partial charge in [0.25, 0.3) is 11.8 Å². The minimum atomic E-state index is -0.547. The highest BCUT2D eigenvalue weighted by atomic mass is 16.7. The maximum atomic E-state index is 13.2. The molecule has 1 fully saturated rings. The zero-order valence-electron chi connectivity index (χ0n) is 21.1. The third kappa shape index (κ3) is 5.18. The number of nitrogens with one attached hydrogen (secondary N) is 1. The van der Waals surface area contributed by atoms with Gasteiger partial charge in [0.2, 0.25) is 12.5 Å². The van der Waals surface area contributed by atoms with Crippen LogP contribution in [0.2, 0.25) is 0 Å². The first-order valence-electron chi connectivity index (χ1n) is 12.8. The van der Waals surface area contributed by atoms with Crippen molar-refractivity contribution in [1.29, 1.82) is 0 Å². The van der Waals surface area contributed by atoms with E-state index in [1.165, 1.54) is 17.7 Å². The lowest BCUT2D eigenvalue weighted by atomic mass is 9.89. The van der Waals surface area contributed by atoms with E-state index in [0.717, 1.165) is 36.9 Å². The Hall–Kier alpha value is -4.40. The van der Waals surface area contributed by atoms with E-state index in [2.05, 4.69) is 12.2 Å². The molecule has 1 N–H and O–H groups in total. The molecular weight excluding hydrogens is 486 g/mol. The molecule has 0 radical (unpaired) electrons. The Balaban J connectivity index is 1.18. The van der Waals surface area contributed by atoms with Gasteiger partial charge < -0.3 is 19.7 Å². The number of benzene rings is 3. The summed E-state index contributed by atoms with van der Waals surface area (Å²) in [6, 6.07) is 18.3. The average molecular weight is 516 g/mol. The molecule has 0 aromatic heterocycles. The van der Waals surface area contributed by atoms with Gasteiger partial charge >= 0.3 is 5.69 Å². The summed E-state index contributed by atoms with van der Waals surface area (Å²) >= 11 is 0. The van der Waals surface area contributed by atoms with E-state index in [1.807, 2.05) is 48.5 Å². The van der Waals surface area contributed by atoms with E-state index in [1.54, 1.807) is 4.90 Å².